The molecule has 0 saturated carbocycles. The van der Waals surface area contributed by atoms with E-state index in [0.717, 1.165) is 12.3 Å². The van der Waals surface area contributed by atoms with Gasteiger partial charge in [-0.05, 0) is 53.6 Å². The summed E-state index contributed by atoms with van der Waals surface area (Å²) in [6.45, 7) is 1.61. The monoisotopic (exact) mass is 575 g/mol. The van der Waals surface area contributed by atoms with Crippen LogP contribution in [-0.4, -0.2) is 36.4 Å². The molecule has 1 N–H and O–H groups in total. The van der Waals surface area contributed by atoms with Gasteiger partial charge < -0.3 is 4.74 Å². The summed E-state index contributed by atoms with van der Waals surface area (Å²) in [4.78, 5) is 25.7. The van der Waals surface area contributed by atoms with Gasteiger partial charge in [0.15, 0.2) is 0 Å². The second kappa shape index (κ2) is 11.3. The lowest BCUT2D eigenvalue weighted by atomic mass is 10.0. The normalized spacial score (nSPS) is 11.7. The average Bonchev–Trinajstić information content (AvgIpc) is 2.93. The number of carbonyl (C=O) groups is 1. The molecule has 1 amide bonds. The molecule has 0 radical (unpaired) electrons. The number of pyridine rings is 1. The summed E-state index contributed by atoms with van der Waals surface area (Å²) in [6.07, 6.45) is -1.07. The SMILES string of the molecule is CCC(=O)N(c1ccc(S(=O)(=O)Nc2ncccn2)cn1)c1ccc(-c2ccc(F)c(C(F)(F)F)c2)cc1OC. The Balaban J connectivity index is 1.71. The predicted octanol–water partition coefficient (Wildman–Crippen LogP) is 5.58. The number of rotatable bonds is 8. The lowest BCUT2D eigenvalue weighted by Gasteiger charge is -2.24. The zero-order chi connectivity index (χ0) is 29.1. The van der Waals surface area contributed by atoms with Gasteiger partial charge in [0.25, 0.3) is 10.0 Å². The second-order valence-electron chi connectivity index (χ2n) is 8.19. The van der Waals surface area contributed by atoms with Gasteiger partial charge in [0.1, 0.15) is 22.3 Å². The van der Waals surface area contributed by atoms with E-state index in [1.807, 2.05) is 0 Å². The number of benzene rings is 2. The van der Waals surface area contributed by atoms with Gasteiger partial charge in [-0.3, -0.25) is 9.69 Å². The summed E-state index contributed by atoms with van der Waals surface area (Å²) >= 11 is 0. The minimum Gasteiger partial charge on any atom is -0.495 e. The third-order valence-electron chi connectivity index (χ3n) is 5.63. The van der Waals surface area contributed by atoms with Crippen molar-refractivity contribution in [3.63, 3.8) is 0 Å². The van der Waals surface area contributed by atoms with Crippen LogP contribution in [0.3, 0.4) is 0 Å². The summed E-state index contributed by atoms with van der Waals surface area (Å²) in [7, 11) is -2.78. The van der Waals surface area contributed by atoms with Crippen LogP contribution in [0.25, 0.3) is 11.1 Å². The predicted molar refractivity (Wildman–Crippen MR) is 138 cm³/mol. The van der Waals surface area contributed by atoms with Gasteiger partial charge in [0, 0.05) is 25.0 Å². The minimum absolute atomic E-state index is 0.0342. The Hall–Kier alpha value is -4.59. The van der Waals surface area contributed by atoms with Gasteiger partial charge >= 0.3 is 6.18 Å². The molecule has 2 aromatic carbocycles. The second-order valence-corrected chi connectivity index (χ2v) is 9.87. The molecule has 0 aliphatic carbocycles. The molecule has 0 saturated heterocycles. The highest BCUT2D eigenvalue weighted by Gasteiger charge is 2.34. The van der Waals surface area contributed by atoms with Crippen molar-refractivity contribution in [1.82, 2.24) is 15.0 Å². The highest BCUT2D eigenvalue weighted by Crippen LogP contribution is 2.39. The van der Waals surface area contributed by atoms with E-state index in [0.29, 0.717) is 6.07 Å². The molecule has 0 spiro atoms. The van der Waals surface area contributed by atoms with Crippen molar-refractivity contribution >= 4 is 33.4 Å². The number of aromatic nitrogens is 3. The van der Waals surface area contributed by atoms with E-state index in [9.17, 15) is 30.8 Å². The van der Waals surface area contributed by atoms with E-state index in [-0.39, 0.29) is 45.6 Å². The topological polar surface area (TPSA) is 114 Å². The maximum Gasteiger partial charge on any atom is 0.419 e. The zero-order valence-electron chi connectivity index (χ0n) is 21.0. The lowest BCUT2D eigenvalue weighted by molar-refractivity contribution is -0.140. The van der Waals surface area contributed by atoms with Gasteiger partial charge in [-0.2, -0.15) is 13.2 Å². The average molecular weight is 576 g/mol. The Bertz CT molecular complexity index is 1630. The fourth-order valence-corrected chi connectivity index (χ4v) is 4.60. The summed E-state index contributed by atoms with van der Waals surface area (Å²) < 4.78 is 86.5. The van der Waals surface area contributed by atoms with Crippen molar-refractivity contribution in [2.75, 3.05) is 16.7 Å². The molecule has 14 heteroatoms. The van der Waals surface area contributed by atoms with Crippen LogP contribution in [0, 0.1) is 5.82 Å². The fourth-order valence-electron chi connectivity index (χ4n) is 3.70. The van der Waals surface area contributed by atoms with Crippen LogP contribution in [0.1, 0.15) is 18.9 Å². The first-order chi connectivity index (χ1) is 18.9. The van der Waals surface area contributed by atoms with Gasteiger partial charge in [-0.1, -0.05) is 19.1 Å². The Morgan fingerprint density at radius 3 is 2.27 bits per heavy atom. The summed E-state index contributed by atoms with van der Waals surface area (Å²) in [5.74, 6) is -1.79. The number of nitrogens with one attached hydrogen (secondary N) is 1. The first-order valence-corrected chi connectivity index (χ1v) is 13.1. The molecule has 0 atom stereocenters. The standard InChI is InChI=1S/C26H21F4N5O4S/c1-3-24(36)35(23-10-7-18(15-33-23)40(37,38)34-25-31-11-4-12-32-25)21-9-6-17(14-22(21)39-2)16-5-8-20(27)19(13-16)26(28,29)30/h4-15H,3H2,1-2H3,(H,31,32,34). The van der Waals surface area contributed by atoms with Crippen LogP contribution >= 0.6 is 0 Å². The van der Waals surface area contributed by atoms with Crippen molar-refractivity contribution in [1.29, 1.82) is 0 Å². The van der Waals surface area contributed by atoms with Crippen molar-refractivity contribution < 1.29 is 35.5 Å². The van der Waals surface area contributed by atoms with Crippen LogP contribution in [-0.2, 0) is 21.0 Å². The molecule has 0 bridgehead atoms. The first kappa shape index (κ1) is 28.4. The van der Waals surface area contributed by atoms with E-state index in [2.05, 4.69) is 19.7 Å². The molecule has 4 aromatic rings. The van der Waals surface area contributed by atoms with E-state index >= 15 is 0 Å². The highest BCUT2D eigenvalue weighted by atomic mass is 32.2. The number of carbonyl (C=O) groups excluding carboxylic acids is 1. The number of halogens is 4. The van der Waals surface area contributed by atoms with Crippen LogP contribution in [0.15, 0.2) is 78.1 Å². The number of methoxy groups -OCH3 is 1. The van der Waals surface area contributed by atoms with Crippen LogP contribution in [0.4, 0.5) is 35.0 Å². The molecular formula is C26H21F4N5O4S. The largest absolute Gasteiger partial charge is 0.495 e. The Morgan fingerprint density at radius 2 is 1.68 bits per heavy atom. The lowest BCUT2D eigenvalue weighted by Crippen LogP contribution is -2.26. The summed E-state index contributed by atoms with van der Waals surface area (Å²) in [6, 6.07) is 11.0. The molecule has 4 rings (SSSR count). The highest BCUT2D eigenvalue weighted by molar-refractivity contribution is 7.92. The van der Waals surface area contributed by atoms with Crippen LogP contribution < -0.4 is 14.4 Å². The molecule has 40 heavy (non-hydrogen) atoms. The Kier molecular flexibility index (Phi) is 8.00. The van der Waals surface area contributed by atoms with Crippen molar-refractivity contribution in [3.05, 3.63) is 84.6 Å². The number of sulfonamides is 1. The van der Waals surface area contributed by atoms with Gasteiger partial charge in [-0.25, -0.2) is 32.5 Å². The van der Waals surface area contributed by atoms with Crippen molar-refractivity contribution in [2.24, 2.45) is 0 Å². The molecule has 0 fully saturated rings. The fraction of sp³-hybridized carbons (Fsp3) is 0.154. The number of nitrogens with zero attached hydrogens (tertiary/aromatic N) is 4. The quantitative estimate of drug-likeness (QED) is 0.273. The van der Waals surface area contributed by atoms with Crippen molar-refractivity contribution in [3.8, 4) is 16.9 Å². The maximum atomic E-state index is 13.8. The summed E-state index contributed by atoms with van der Waals surface area (Å²) in [5, 5.41) is 0. The maximum absolute atomic E-state index is 13.8. The molecule has 2 heterocycles. The van der Waals surface area contributed by atoms with Gasteiger partial charge in [-0.15, -0.1) is 0 Å². The molecule has 0 unspecified atom stereocenters. The summed E-state index contributed by atoms with van der Waals surface area (Å²) in [5.41, 5.74) is -0.855. The van der Waals surface area contributed by atoms with Crippen LogP contribution in [0.5, 0.6) is 5.75 Å². The Morgan fingerprint density at radius 1 is 1.00 bits per heavy atom. The molecular weight excluding hydrogens is 554 g/mol. The zero-order valence-corrected chi connectivity index (χ0v) is 21.8. The molecule has 2 aromatic heterocycles. The van der Waals surface area contributed by atoms with Gasteiger partial charge in [0.05, 0.1) is 18.4 Å². The number of ether oxygens (including phenoxy) is 1. The van der Waals surface area contributed by atoms with E-state index in [4.69, 9.17) is 4.74 Å². The minimum atomic E-state index is -4.89. The number of alkyl halides is 3. The van der Waals surface area contributed by atoms with Gasteiger partial charge in [0.2, 0.25) is 11.9 Å². The van der Waals surface area contributed by atoms with Crippen molar-refractivity contribution in [2.45, 2.75) is 24.4 Å². The molecule has 208 valence electrons. The number of amides is 1. The van der Waals surface area contributed by atoms with E-state index < -0.39 is 33.5 Å². The molecule has 9 nitrogen and oxygen atoms in total. The number of hydrogen-bond donors (Lipinski definition) is 1. The Labute approximate surface area is 226 Å². The smallest absolute Gasteiger partial charge is 0.419 e. The number of anilines is 3. The number of hydrogen-bond acceptors (Lipinski definition) is 7. The van der Waals surface area contributed by atoms with E-state index in [1.54, 1.807) is 6.92 Å². The molecule has 0 aliphatic rings. The third-order valence-corrected chi connectivity index (χ3v) is 6.94. The third kappa shape index (κ3) is 6.01. The molecule has 0 aliphatic heterocycles. The van der Waals surface area contributed by atoms with E-state index in [1.165, 1.54) is 66.9 Å². The van der Waals surface area contributed by atoms with Crippen LogP contribution in [0.2, 0.25) is 0 Å². The first-order valence-electron chi connectivity index (χ1n) is 11.6.